The lowest BCUT2D eigenvalue weighted by molar-refractivity contribution is 1.44. The molecule has 0 saturated heterocycles. The predicted octanol–water partition coefficient (Wildman–Crippen LogP) is 4.21. The molecule has 0 saturated carbocycles. The van der Waals surface area contributed by atoms with Crippen molar-refractivity contribution in [2.45, 2.75) is 0 Å². The number of nitrogens with two attached hydrogens (primary N) is 1. The van der Waals surface area contributed by atoms with Gasteiger partial charge in [0.05, 0.1) is 28.2 Å². The first-order chi connectivity index (χ1) is 7.83. The van der Waals surface area contributed by atoms with Crippen LogP contribution in [0.25, 0.3) is 0 Å². The summed E-state index contributed by atoms with van der Waals surface area (Å²) in [6, 6.07) is 17.5. The van der Waals surface area contributed by atoms with Gasteiger partial charge in [0, 0.05) is 0 Å². The van der Waals surface area contributed by atoms with Crippen LogP contribution < -0.4 is 10.0 Å². The van der Waals surface area contributed by atoms with E-state index in [2.05, 4.69) is 0 Å². The van der Waals surface area contributed by atoms with Crippen LogP contribution in [0.2, 0.25) is 0 Å². The Labute approximate surface area is 104 Å². The van der Waals surface area contributed by atoms with Crippen molar-refractivity contribution in [2.24, 2.45) is 0 Å². The third-order valence-electron chi connectivity index (χ3n) is 2.22. The highest BCUT2D eigenvalue weighted by Crippen LogP contribution is 2.37. The van der Waals surface area contributed by atoms with Crippen molar-refractivity contribution in [1.29, 1.82) is 0 Å². The first-order valence-corrected chi connectivity index (χ1v) is 6.41. The molecule has 4 heteroatoms. The van der Waals surface area contributed by atoms with E-state index in [0.717, 1.165) is 22.5 Å². The third-order valence-corrected chi connectivity index (χ3v) is 3.17. The number of nitrogens with zero attached hydrogens (tertiary/aromatic N) is 1. The summed E-state index contributed by atoms with van der Waals surface area (Å²) in [4.78, 5) is 0. The largest absolute Gasteiger partial charge is 0.397 e. The van der Waals surface area contributed by atoms with Gasteiger partial charge in [0.1, 0.15) is 0 Å². The topological polar surface area (TPSA) is 29.3 Å². The average Bonchev–Trinajstić information content (AvgIpc) is 2.34. The molecular weight excluding hydrogens is 240 g/mol. The van der Waals surface area contributed by atoms with E-state index in [4.69, 9.17) is 16.4 Å². The molecule has 0 atom stereocenters. The van der Waals surface area contributed by atoms with E-state index < -0.39 is 0 Å². The molecule has 0 heterocycles. The molecular formula is C12H11ClN2S. The fraction of sp³-hybridized carbons (Fsp3) is 0. The van der Waals surface area contributed by atoms with Gasteiger partial charge >= 0.3 is 0 Å². The second-order valence-electron chi connectivity index (χ2n) is 3.26. The molecule has 0 bridgehead atoms. The first-order valence-electron chi connectivity index (χ1n) is 4.81. The van der Waals surface area contributed by atoms with Gasteiger partial charge in [-0.1, -0.05) is 30.3 Å². The number of para-hydroxylation sites is 3. The second kappa shape index (κ2) is 5.14. The highest BCUT2D eigenvalue weighted by Gasteiger charge is 2.11. The van der Waals surface area contributed by atoms with Gasteiger partial charge in [-0.2, -0.15) is 0 Å². The van der Waals surface area contributed by atoms with E-state index in [9.17, 15) is 0 Å². The summed E-state index contributed by atoms with van der Waals surface area (Å²) in [5.74, 6) is 0. The maximum absolute atomic E-state index is 5.92. The molecule has 82 valence electrons. The van der Waals surface area contributed by atoms with Crippen LogP contribution in [0.4, 0.5) is 17.1 Å². The lowest BCUT2D eigenvalue weighted by Gasteiger charge is -2.21. The minimum Gasteiger partial charge on any atom is -0.397 e. The van der Waals surface area contributed by atoms with Gasteiger partial charge in [-0.15, -0.1) is 0 Å². The molecule has 0 aromatic heterocycles. The van der Waals surface area contributed by atoms with Crippen LogP contribution in [-0.2, 0) is 0 Å². The zero-order valence-electron chi connectivity index (χ0n) is 8.51. The molecule has 2 nitrogen and oxygen atoms in total. The Kier molecular flexibility index (Phi) is 3.59. The molecule has 0 aliphatic rings. The summed E-state index contributed by atoms with van der Waals surface area (Å²) in [6.45, 7) is 0. The maximum Gasteiger partial charge on any atom is 0.0765 e. The summed E-state index contributed by atoms with van der Waals surface area (Å²) >= 11 is 1.12. The molecule has 0 aliphatic heterocycles. The first kappa shape index (κ1) is 11.2. The van der Waals surface area contributed by atoms with Crippen molar-refractivity contribution >= 4 is 38.9 Å². The number of hydrogen-bond donors (Lipinski definition) is 1. The molecule has 0 spiro atoms. The second-order valence-corrected chi connectivity index (χ2v) is 4.17. The lowest BCUT2D eigenvalue weighted by atomic mass is 10.2. The van der Waals surface area contributed by atoms with E-state index in [1.165, 1.54) is 0 Å². The molecule has 2 rings (SSSR count). The summed E-state index contributed by atoms with van der Waals surface area (Å²) in [5.41, 5.74) is 8.53. The molecule has 16 heavy (non-hydrogen) atoms. The maximum atomic E-state index is 5.92. The van der Waals surface area contributed by atoms with Crippen molar-refractivity contribution in [2.75, 3.05) is 10.0 Å². The highest BCUT2D eigenvalue weighted by atomic mass is 35.7. The summed E-state index contributed by atoms with van der Waals surface area (Å²) in [6.07, 6.45) is 0. The summed E-state index contributed by atoms with van der Waals surface area (Å²) in [7, 11) is 5.90. The van der Waals surface area contributed by atoms with E-state index in [0.29, 0.717) is 5.69 Å². The zero-order chi connectivity index (χ0) is 11.4. The molecule has 0 amide bonds. The Morgan fingerprint density at radius 3 is 2.19 bits per heavy atom. The van der Waals surface area contributed by atoms with Gasteiger partial charge in [0.25, 0.3) is 0 Å². The van der Waals surface area contributed by atoms with Gasteiger partial charge in [0.2, 0.25) is 0 Å². The van der Waals surface area contributed by atoms with E-state index in [-0.39, 0.29) is 0 Å². The van der Waals surface area contributed by atoms with E-state index >= 15 is 0 Å². The minimum atomic E-state index is 0.708. The number of hydrogen-bond acceptors (Lipinski definition) is 3. The van der Waals surface area contributed by atoms with Crippen LogP contribution in [0.1, 0.15) is 0 Å². The fourth-order valence-electron chi connectivity index (χ4n) is 1.45. The number of benzene rings is 2. The Morgan fingerprint density at radius 1 is 0.938 bits per heavy atom. The normalized spacial score (nSPS) is 10.1. The van der Waals surface area contributed by atoms with E-state index in [1.54, 1.807) is 0 Å². The monoisotopic (exact) mass is 250 g/mol. The Morgan fingerprint density at radius 2 is 1.56 bits per heavy atom. The molecule has 0 radical (unpaired) electrons. The van der Waals surface area contributed by atoms with Crippen LogP contribution in [0.3, 0.4) is 0 Å². The number of rotatable bonds is 3. The van der Waals surface area contributed by atoms with Crippen molar-refractivity contribution in [1.82, 2.24) is 0 Å². The molecule has 0 aliphatic carbocycles. The van der Waals surface area contributed by atoms with E-state index in [1.807, 2.05) is 58.9 Å². The van der Waals surface area contributed by atoms with Crippen LogP contribution in [0, 0.1) is 0 Å². The number of anilines is 3. The standard InChI is InChI=1S/C12H11ClN2S/c13-16-15(10-6-2-1-3-7-10)12-9-5-4-8-11(12)14/h1-9H,14H2. The number of halogens is 1. The Hall–Kier alpha value is -1.32. The number of nitrogen functional groups attached to an aromatic ring is 1. The summed E-state index contributed by atoms with van der Waals surface area (Å²) in [5, 5.41) is 0. The average molecular weight is 251 g/mol. The van der Waals surface area contributed by atoms with Crippen LogP contribution in [0.15, 0.2) is 54.6 Å². The Balaban J connectivity index is 2.41. The van der Waals surface area contributed by atoms with Crippen molar-refractivity contribution in [3.8, 4) is 0 Å². The molecule has 2 aromatic rings. The fourth-order valence-corrected chi connectivity index (χ4v) is 2.36. The van der Waals surface area contributed by atoms with Crippen LogP contribution >= 0.6 is 21.8 Å². The molecule has 0 fully saturated rings. The van der Waals surface area contributed by atoms with Crippen LogP contribution in [0.5, 0.6) is 0 Å². The van der Waals surface area contributed by atoms with Gasteiger partial charge in [-0.25, -0.2) is 0 Å². The smallest absolute Gasteiger partial charge is 0.0765 e. The molecule has 2 N–H and O–H groups in total. The Bertz CT molecular complexity index is 462. The van der Waals surface area contributed by atoms with Crippen molar-refractivity contribution in [3.63, 3.8) is 0 Å². The van der Waals surface area contributed by atoms with Crippen LogP contribution in [-0.4, -0.2) is 0 Å². The minimum absolute atomic E-state index is 0.708. The lowest BCUT2D eigenvalue weighted by Crippen LogP contribution is -2.06. The predicted molar refractivity (Wildman–Crippen MR) is 72.9 cm³/mol. The molecule has 0 unspecified atom stereocenters. The van der Waals surface area contributed by atoms with Gasteiger partial charge in [-0.05, 0) is 34.9 Å². The van der Waals surface area contributed by atoms with Gasteiger partial charge < -0.3 is 5.73 Å². The zero-order valence-corrected chi connectivity index (χ0v) is 10.1. The quantitative estimate of drug-likeness (QED) is 0.654. The van der Waals surface area contributed by atoms with Crippen molar-refractivity contribution < 1.29 is 0 Å². The third kappa shape index (κ3) is 2.26. The van der Waals surface area contributed by atoms with Gasteiger partial charge in [0.15, 0.2) is 0 Å². The highest BCUT2D eigenvalue weighted by molar-refractivity contribution is 8.22. The van der Waals surface area contributed by atoms with Crippen molar-refractivity contribution in [3.05, 3.63) is 54.6 Å². The molecule has 2 aromatic carbocycles. The van der Waals surface area contributed by atoms with Gasteiger partial charge in [-0.3, -0.25) is 4.31 Å². The SMILES string of the molecule is Nc1ccccc1N(SCl)c1ccccc1. The summed E-state index contributed by atoms with van der Waals surface area (Å²) < 4.78 is 1.89.